The van der Waals surface area contributed by atoms with Gasteiger partial charge in [0, 0.05) is 39.1 Å². The molecule has 0 unspecified atom stereocenters. The van der Waals surface area contributed by atoms with Gasteiger partial charge in [0.05, 0.1) is 6.61 Å². The number of piperazine rings is 1. The maximum atomic E-state index is 5.54. The predicted molar refractivity (Wildman–Crippen MR) is 73.3 cm³/mol. The van der Waals surface area contributed by atoms with Crippen molar-refractivity contribution in [2.75, 3.05) is 46.4 Å². The minimum atomic E-state index is 0.858. The van der Waals surface area contributed by atoms with E-state index in [0.29, 0.717) is 0 Å². The Bertz CT molecular complexity index is 411. The molecule has 2 aliphatic rings. The lowest BCUT2D eigenvalue weighted by Crippen LogP contribution is -2.45. The molecule has 18 heavy (non-hydrogen) atoms. The number of hydrogen-bond acceptors (Lipinski definition) is 3. The molecule has 1 aromatic rings. The van der Waals surface area contributed by atoms with Crippen molar-refractivity contribution in [2.24, 2.45) is 0 Å². The second-order valence-corrected chi connectivity index (χ2v) is 5.44. The summed E-state index contributed by atoms with van der Waals surface area (Å²) < 4.78 is 5.54. The summed E-state index contributed by atoms with van der Waals surface area (Å²) in [6.45, 7) is 6.88. The second-order valence-electron chi connectivity index (χ2n) is 5.44. The van der Waals surface area contributed by atoms with E-state index in [-0.39, 0.29) is 0 Å². The van der Waals surface area contributed by atoms with Crippen LogP contribution in [-0.4, -0.2) is 56.2 Å². The minimum Gasteiger partial charge on any atom is -0.493 e. The van der Waals surface area contributed by atoms with Crippen molar-refractivity contribution >= 4 is 0 Å². The monoisotopic (exact) mass is 246 g/mol. The molecule has 0 amide bonds. The number of fused-ring (bicyclic) bond motifs is 1. The lowest BCUT2D eigenvalue weighted by atomic mass is 10.1. The van der Waals surface area contributed by atoms with Crippen molar-refractivity contribution < 1.29 is 4.74 Å². The van der Waals surface area contributed by atoms with Gasteiger partial charge >= 0.3 is 0 Å². The van der Waals surface area contributed by atoms with Gasteiger partial charge in [-0.2, -0.15) is 0 Å². The summed E-state index contributed by atoms with van der Waals surface area (Å²) in [5.74, 6) is 1.10. The third-order valence-electron chi connectivity index (χ3n) is 4.07. The highest BCUT2D eigenvalue weighted by atomic mass is 16.5. The highest BCUT2D eigenvalue weighted by Crippen LogP contribution is 2.26. The van der Waals surface area contributed by atoms with E-state index < -0.39 is 0 Å². The first-order chi connectivity index (χ1) is 8.81. The lowest BCUT2D eigenvalue weighted by Gasteiger charge is -2.32. The molecule has 3 nitrogen and oxygen atoms in total. The van der Waals surface area contributed by atoms with Crippen molar-refractivity contribution in [3.63, 3.8) is 0 Å². The van der Waals surface area contributed by atoms with Crippen LogP contribution in [0, 0.1) is 0 Å². The molecule has 1 aromatic carbocycles. The smallest absolute Gasteiger partial charge is 0.122 e. The van der Waals surface area contributed by atoms with Crippen LogP contribution in [0.2, 0.25) is 0 Å². The predicted octanol–water partition coefficient (Wildman–Crippen LogP) is 1.41. The van der Waals surface area contributed by atoms with E-state index in [2.05, 4.69) is 35.0 Å². The van der Waals surface area contributed by atoms with Crippen LogP contribution in [0.4, 0.5) is 0 Å². The van der Waals surface area contributed by atoms with Gasteiger partial charge in [-0.1, -0.05) is 12.1 Å². The number of ether oxygens (including phenoxy) is 1. The van der Waals surface area contributed by atoms with Crippen molar-refractivity contribution in [2.45, 2.75) is 12.8 Å². The number of nitrogens with zero attached hydrogens (tertiary/aromatic N) is 2. The molecule has 3 rings (SSSR count). The first-order valence-corrected chi connectivity index (χ1v) is 6.97. The molecule has 0 spiro atoms. The Morgan fingerprint density at radius 1 is 1.17 bits per heavy atom. The molecule has 1 fully saturated rings. The van der Waals surface area contributed by atoms with Crippen LogP contribution < -0.4 is 4.74 Å². The van der Waals surface area contributed by atoms with Crippen LogP contribution in [0.5, 0.6) is 5.75 Å². The number of likely N-dealkylation sites (N-methyl/N-ethyl adjacent to an activating group) is 1. The third kappa shape index (κ3) is 2.68. The largest absolute Gasteiger partial charge is 0.493 e. The second kappa shape index (κ2) is 5.29. The molecule has 0 bridgehead atoms. The molecule has 3 heteroatoms. The Kier molecular flexibility index (Phi) is 3.52. The van der Waals surface area contributed by atoms with E-state index in [1.54, 1.807) is 0 Å². The van der Waals surface area contributed by atoms with Gasteiger partial charge in [0.25, 0.3) is 0 Å². The van der Waals surface area contributed by atoms with Gasteiger partial charge < -0.3 is 14.5 Å². The average Bonchev–Trinajstić information content (AvgIpc) is 2.85. The molecule has 0 aliphatic carbocycles. The highest BCUT2D eigenvalue weighted by molar-refractivity contribution is 5.39. The zero-order chi connectivity index (χ0) is 12.4. The summed E-state index contributed by atoms with van der Waals surface area (Å²) in [7, 11) is 2.21. The third-order valence-corrected chi connectivity index (χ3v) is 4.07. The zero-order valence-electron chi connectivity index (χ0n) is 11.2. The SMILES string of the molecule is CN1CCN(CCc2ccc3c(c2)CCO3)CC1. The molecule has 0 aromatic heterocycles. The van der Waals surface area contributed by atoms with Crippen molar-refractivity contribution in [3.05, 3.63) is 29.3 Å². The van der Waals surface area contributed by atoms with E-state index in [0.717, 1.165) is 25.2 Å². The van der Waals surface area contributed by atoms with E-state index in [4.69, 9.17) is 4.74 Å². The topological polar surface area (TPSA) is 15.7 Å². The zero-order valence-corrected chi connectivity index (χ0v) is 11.2. The quantitative estimate of drug-likeness (QED) is 0.802. The Morgan fingerprint density at radius 2 is 2.00 bits per heavy atom. The molecule has 2 aliphatic heterocycles. The van der Waals surface area contributed by atoms with Gasteiger partial charge in [0.2, 0.25) is 0 Å². The standard InChI is InChI=1S/C15H22N2O/c1-16-7-9-17(10-8-16)6-4-13-2-3-15-14(12-13)5-11-18-15/h2-3,12H,4-11H2,1H3. The normalized spacial score (nSPS) is 20.7. The van der Waals surface area contributed by atoms with Gasteiger partial charge in [-0.25, -0.2) is 0 Å². The first-order valence-electron chi connectivity index (χ1n) is 6.97. The van der Waals surface area contributed by atoms with E-state index in [1.165, 1.54) is 43.9 Å². The summed E-state index contributed by atoms with van der Waals surface area (Å²) in [5.41, 5.74) is 2.85. The van der Waals surface area contributed by atoms with Crippen molar-refractivity contribution in [1.82, 2.24) is 9.80 Å². The molecule has 0 radical (unpaired) electrons. The van der Waals surface area contributed by atoms with Gasteiger partial charge in [-0.05, 0) is 30.7 Å². The van der Waals surface area contributed by atoms with Crippen molar-refractivity contribution in [1.29, 1.82) is 0 Å². The van der Waals surface area contributed by atoms with Crippen molar-refractivity contribution in [3.8, 4) is 5.75 Å². The molecule has 0 N–H and O–H groups in total. The minimum absolute atomic E-state index is 0.858. The summed E-state index contributed by atoms with van der Waals surface area (Å²) in [4.78, 5) is 4.98. The van der Waals surface area contributed by atoms with Crippen LogP contribution in [0.15, 0.2) is 18.2 Å². The van der Waals surface area contributed by atoms with E-state index in [1.807, 2.05) is 0 Å². The van der Waals surface area contributed by atoms with Crippen LogP contribution in [-0.2, 0) is 12.8 Å². The molecule has 2 heterocycles. The summed E-state index contributed by atoms with van der Waals surface area (Å²) in [5, 5.41) is 0. The highest BCUT2D eigenvalue weighted by Gasteiger charge is 2.15. The summed E-state index contributed by atoms with van der Waals surface area (Å²) in [6.07, 6.45) is 2.24. The van der Waals surface area contributed by atoms with Crippen LogP contribution in [0.3, 0.4) is 0 Å². The summed E-state index contributed by atoms with van der Waals surface area (Å²) >= 11 is 0. The summed E-state index contributed by atoms with van der Waals surface area (Å²) in [6, 6.07) is 6.69. The van der Waals surface area contributed by atoms with E-state index in [9.17, 15) is 0 Å². The molecule has 0 atom stereocenters. The van der Waals surface area contributed by atoms with Crippen LogP contribution >= 0.6 is 0 Å². The van der Waals surface area contributed by atoms with Crippen LogP contribution in [0.1, 0.15) is 11.1 Å². The molecule has 1 saturated heterocycles. The van der Waals surface area contributed by atoms with Gasteiger partial charge in [-0.3, -0.25) is 0 Å². The molecular weight excluding hydrogens is 224 g/mol. The Hall–Kier alpha value is -1.06. The first kappa shape index (κ1) is 12.0. The lowest BCUT2D eigenvalue weighted by molar-refractivity contribution is 0.155. The van der Waals surface area contributed by atoms with Gasteiger partial charge in [0.1, 0.15) is 5.75 Å². The van der Waals surface area contributed by atoms with E-state index >= 15 is 0 Å². The van der Waals surface area contributed by atoms with Gasteiger partial charge in [-0.15, -0.1) is 0 Å². The van der Waals surface area contributed by atoms with Gasteiger partial charge in [0.15, 0.2) is 0 Å². The Morgan fingerprint density at radius 3 is 2.83 bits per heavy atom. The molecule has 98 valence electrons. The number of benzene rings is 1. The maximum Gasteiger partial charge on any atom is 0.122 e. The average molecular weight is 246 g/mol. The number of hydrogen-bond donors (Lipinski definition) is 0. The van der Waals surface area contributed by atoms with Crippen LogP contribution in [0.25, 0.3) is 0 Å². The fourth-order valence-electron chi connectivity index (χ4n) is 2.75. The Labute approximate surface area is 109 Å². The Balaban J connectivity index is 1.54. The molecular formula is C15H22N2O. The fraction of sp³-hybridized carbons (Fsp3) is 0.600. The fourth-order valence-corrected chi connectivity index (χ4v) is 2.75. The maximum absolute atomic E-state index is 5.54. The number of rotatable bonds is 3. The molecule has 0 saturated carbocycles.